The lowest BCUT2D eigenvalue weighted by Crippen LogP contribution is -2.38. The Morgan fingerprint density at radius 2 is 1.88 bits per heavy atom. The van der Waals surface area contributed by atoms with Crippen molar-refractivity contribution in [3.05, 3.63) is 70.7 Å². The van der Waals surface area contributed by atoms with E-state index in [0.29, 0.717) is 17.4 Å². The summed E-state index contributed by atoms with van der Waals surface area (Å²) in [4.78, 5) is 21.0. The van der Waals surface area contributed by atoms with Gasteiger partial charge in [-0.25, -0.2) is 4.98 Å². The number of aliphatic hydroxyl groups excluding tert-OH is 1. The topological polar surface area (TPSA) is 94.5 Å². The Morgan fingerprint density at radius 3 is 2.52 bits per heavy atom. The molecule has 0 bridgehead atoms. The van der Waals surface area contributed by atoms with Crippen LogP contribution < -0.4 is 20.9 Å². The van der Waals surface area contributed by atoms with E-state index in [0.717, 1.165) is 76.4 Å². The number of hydrogen-bond acceptors (Lipinski definition) is 6. The molecular formula is C32H40N6O2. The highest BCUT2D eigenvalue weighted by molar-refractivity contribution is 6.09. The van der Waals surface area contributed by atoms with Crippen molar-refractivity contribution >= 4 is 22.6 Å². The average Bonchev–Trinajstić information content (AvgIpc) is 3.61. The number of pyridine rings is 1. The molecule has 8 heteroatoms. The Morgan fingerprint density at radius 1 is 1.12 bits per heavy atom. The van der Waals surface area contributed by atoms with Gasteiger partial charge in [-0.3, -0.25) is 4.79 Å². The molecule has 0 spiro atoms. The summed E-state index contributed by atoms with van der Waals surface area (Å²) in [6.45, 7) is 14.8. The molecule has 210 valence electrons. The first-order chi connectivity index (χ1) is 19.2. The molecule has 3 atom stereocenters. The number of allylic oxidation sites excluding steroid dienone is 3. The number of aryl methyl sites for hydroxylation is 1. The van der Waals surface area contributed by atoms with E-state index in [4.69, 9.17) is 4.98 Å². The van der Waals surface area contributed by atoms with Crippen LogP contribution in [-0.4, -0.2) is 59.5 Å². The van der Waals surface area contributed by atoms with Gasteiger partial charge in [-0.15, -0.1) is 0 Å². The molecule has 0 aliphatic carbocycles. The monoisotopic (exact) mass is 540 g/mol. The molecule has 8 nitrogen and oxygen atoms in total. The molecule has 2 saturated heterocycles. The van der Waals surface area contributed by atoms with Crippen molar-refractivity contribution in [3.8, 4) is 11.1 Å². The van der Waals surface area contributed by atoms with E-state index >= 15 is 0 Å². The summed E-state index contributed by atoms with van der Waals surface area (Å²) in [7, 11) is 0. The maximum Gasteiger partial charge on any atom is 0.252 e. The van der Waals surface area contributed by atoms with Gasteiger partial charge in [0, 0.05) is 84.5 Å². The van der Waals surface area contributed by atoms with Crippen molar-refractivity contribution in [2.45, 2.75) is 46.9 Å². The van der Waals surface area contributed by atoms with Crippen molar-refractivity contribution in [2.75, 3.05) is 37.6 Å². The fraction of sp³-hybridized carbons (Fsp3) is 0.438. The van der Waals surface area contributed by atoms with Crippen LogP contribution in [0.15, 0.2) is 59.6 Å². The summed E-state index contributed by atoms with van der Waals surface area (Å²) in [6, 6.07) is 8.65. The van der Waals surface area contributed by atoms with Gasteiger partial charge in [-0.05, 0) is 93.5 Å². The Labute approximate surface area is 236 Å². The number of anilines is 1. The fourth-order valence-corrected chi connectivity index (χ4v) is 6.63. The molecule has 3 unspecified atom stereocenters. The minimum Gasteiger partial charge on any atom is -0.370 e. The zero-order valence-electron chi connectivity index (χ0n) is 24.1. The zero-order chi connectivity index (χ0) is 28.1. The van der Waals surface area contributed by atoms with E-state index in [9.17, 15) is 9.90 Å². The lowest BCUT2D eigenvalue weighted by molar-refractivity contribution is 0.0954. The fourth-order valence-electron chi connectivity index (χ4n) is 6.63. The first-order valence-corrected chi connectivity index (χ1v) is 14.4. The quantitative estimate of drug-likeness (QED) is 0.376. The lowest BCUT2D eigenvalue weighted by Gasteiger charge is -2.24. The second kappa shape index (κ2) is 10.4. The molecular weight excluding hydrogens is 500 g/mol. The zero-order valence-corrected chi connectivity index (χ0v) is 24.1. The van der Waals surface area contributed by atoms with Crippen LogP contribution in [0.25, 0.3) is 22.0 Å². The van der Waals surface area contributed by atoms with Gasteiger partial charge in [0.25, 0.3) is 5.91 Å². The van der Waals surface area contributed by atoms with Gasteiger partial charge in [0.05, 0.1) is 0 Å². The van der Waals surface area contributed by atoms with E-state index in [1.54, 1.807) is 0 Å². The van der Waals surface area contributed by atoms with Crippen LogP contribution in [-0.2, 0) is 0 Å². The van der Waals surface area contributed by atoms with Crippen LogP contribution >= 0.6 is 0 Å². The van der Waals surface area contributed by atoms with E-state index in [2.05, 4.69) is 70.6 Å². The van der Waals surface area contributed by atoms with Gasteiger partial charge < -0.3 is 30.5 Å². The number of benzene rings is 1. The summed E-state index contributed by atoms with van der Waals surface area (Å²) in [5.74, 6) is 2.28. The number of dihydropyridines is 1. The first-order valence-electron chi connectivity index (χ1n) is 14.4. The SMILES string of the molecule is CC1=CC(C)=C(CNC(=O)c2cc(-c3ccc(N4CC5CNCC5C4)nc3)cc3c2c(C)cn3C(C)C)C(O)N1. The molecule has 6 rings (SSSR count). The number of nitrogens with zero attached hydrogens (tertiary/aromatic N) is 3. The molecule has 3 aliphatic rings. The number of hydrogen-bond donors (Lipinski definition) is 4. The highest BCUT2D eigenvalue weighted by atomic mass is 16.3. The maximum atomic E-state index is 13.7. The van der Waals surface area contributed by atoms with Crippen molar-refractivity contribution in [1.82, 2.24) is 25.5 Å². The number of rotatable bonds is 6. The number of aromatic nitrogens is 2. The van der Waals surface area contributed by atoms with E-state index in [-0.39, 0.29) is 18.5 Å². The van der Waals surface area contributed by atoms with Gasteiger partial charge in [0.1, 0.15) is 12.0 Å². The third kappa shape index (κ3) is 4.80. The summed E-state index contributed by atoms with van der Waals surface area (Å²) < 4.78 is 2.23. The molecule has 40 heavy (non-hydrogen) atoms. The minimum atomic E-state index is -0.809. The average molecular weight is 541 g/mol. The largest absolute Gasteiger partial charge is 0.370 e. The van der Waals surface area contributed by atoms with E-state index in [1.165, 1.54) is 0 Å². The highest BCUT2D eigenvalue weighted by Gasteiger charge is 2.36. The molecule has 0 saturated carbocycles. The Balaban J connectivity index is 1.33. The standard InChI is InChI=1S/C32H40N6O2/c1-18(2)38-15-20(4)30-26(31(39)35-14-27-19(3)8-21(5)36-32(27)40)9-23(10-28(30)38)22-6-7-29(34-13-22)37-16-24-11-33-12-25(24)17-37/h6-10,13,15,18,24-25,32-33,36,40H,11-12,14,16-17H2,1-5H3,(H,35,39). The third-order valence-electron chi connectivity index (χ3n) is 8.79. The van der Waals surface area contributed by atoms with Gasteiger partial charge in [0.2, 0.25) is 0 Å². The van der Waals surface area contributed by atoms with Crippen LogP contribution in [0.2, 0.25) is 0 Å². The van der Waals surface area contributed by atoms with Crippen molar-refractivity contribution in [2.24, 2.45) is 11.8 Å². The van der Waals surface area contributed by atoms with Crippen molar-refractivity contribution in [3.63, 3.8) is 0 Å². The van der Waals surface area contributed by atoms with Crippen molar-refractivity contribution < 1.29 is 9.90 Å². The molecule has 1 aromatic carbocycles. The lowest BCUT2D eigenvalue weighted by atomic mass is 9.98. The smallest absolute Gasteiger partial charge is 0.252 e. The van der Waals surface area contributed by atoms with Crippen LogP contribution in [0.3, 0.4) is 0 Å². The number of fused-ring (bicyclic) bond motifs is 2. The second-order valence-corrected chi connectivity index (χ2v) is 12.0. The second-order valence-electron chi connectivity index (χ2n) is 12.0. The van der Waals surface area contributed by atoms with Crippen LogP contribution in [0, 0.1) is 18.8 Å². The number of amides is 1. The highest BCUT2D eigenvalue weighted by Crippen LogP contribution is 2.34. The summed E-state index contributed by atoms with van der Waals surface area (Å²) in [5, 5.41) is 21.1. The number of nitrogens with one attached hydrogen (secondary N) is 3. The Kier molecular flexibility index (Phi) is 6.92. The summed E-state index contributed by atoms with van der Waals surface area (Å²) in [6.07, 6.45) is 5.25. The Hall–Kier alpha value is -3.62. The van der Waals surface area contributed by atoms with Gasteiger partial charge >= 0.3 is 0 Å². The Bertz CT molecular complexity index is 1500. The van der Waals surface area contributed by atoms with Gasteiger partial charge in [-0.1, -0.05) is 0 Å². The van der Waals surface area contributed by atoms with Crippen LogP contribution in [0.4, 0.5) is 5.82 Å². The van der Waals surface area contributed by atoms with Gasteiger partial charge in [-0.2, -0.15) is 0 Å². The predicted molar refractivity (Wildman–Crippen MR) is 160 cm³/mol. The predicted octanol–water partition coefficient (Wildman–Crippen LogP) is 4.12. The molecule has 4 N–H and O–H groups in total. The third-order valence-corrected chi connectivity index (χ3v) is 8.79. The first kappa shape index (κ1) is 26.6. The molecule has 3 aromatic rings. The van der Waals surface area contributed by atoms with Crippen LogP contribution in [0.5, 0.6) is 0 Å². The number of aliphatic hydroxyl groups is 1. The molecule has 0 radical (unpaired) electrons. The molecule has 1 amide bonds. The van der Waals surface area contributed by atoms with Crippen LogP contribution in [0.1, 0.15) is 49.7 Å². The maximum absolute atomic E-state index is 13.7. The molecule has 2 aromatic heterocycles. The number of carbonyl (C=O) groups is 1. The summed E-state index contributed by atoms with van der Waals surface area (Å²) >= 11 is 0. The van der Waals surface area contributed by atoms with E-state index < -0.39 is 6.23 Å². The summed E-state index contributed by atoms with van der Waals surface area (Å²) in [5.41, 5.74) is 7.33. The normalized spacial score (nSPS) is 22.6. The molecule has 3 aliphatic heterocycles. The van der Waals surface area contributed by atoms with Gasteiger partial charge in [0.15, 0.2) is 0 Å². The minimum absolute atomic E-state index is 0.156. The van der Waals surface area contributed by atoms with E-state index in [1.807, 2.05) is 32.2 Å². The molecule has 2 fully saturated rings. The number of carbonyl (C=O) groups excluding carboxylic acids is 1. The molecule has 5 heterocycles. The van der Waals surface area contributed by atoms with Crippen molar-refractivity contribution in [1.29, 1.82) is 0 Å².